The van der Waals surface area contributed by atoms with Crippen molar-refractivity contribution in [1.82, 2.24) is 10.4 Å². The number of carbonyl (C=O) groups excluding carboxylic acids is 5. The van der Waals surface area contributed by atoms with E-state index in [2.05, 4.69) is 20.2 Å². The van der Waals surface area contributed by atoms with E-state index < -0.39 is 52.7 Å². The van der Waals surface area contributed by atoms with Gasteiger partial charge >= 0.3 is 12.1 Å². The summed E-state index contributed by atoms with van der Waals surface area (Å²) < 4.78 is 10.1. The first-order valence-electron chi connectivity index (χ1n) is 11.6. The Balaban J connectivity index is 1.73. The third kappa shape index (κ3) is 8.74. The molecule has 1 N–H and O–H groups in total. The SMILES string of the molecule is CC(C)C(OC(=O)CCCCCNC(=O)c1ccc(N=[N+]=[N-])cc1[N+](=O)[O-])OC(=O)ON1C(=O)CCC1=O. The van der Waals surface area contributed by atoms with Crippen LogP contribution in [0.5, 0.6) is 0 Å². The summed E-state index contributed by atoms with van der Waals surface area (Å²) in [5.41, 5.74) is 7.76. The summed E-state index contributed by atoms with van der Waals surface area (Å²) in [6.07, 6.45) is -1.51. The molecule has 1 aromatic carbocycles. The van der Waals surface area contributed by atoms with E-state index in [1.54, 1.807) is 13.8 Å². The molecule has 16 nitrogen and oxygen atoms in total. The summed E-state index contributed by atoms with van der Waals surface area (Å²) in [6, 6.07) is 3.48. The highest BCUT2D eigenvalue weighted by Gasteiger charge is 2.35. The number of imide groups is 1. The largest absolute Gasteiger partial charge is 0.537 e. The molecule has 3 amide bonds. The molecular weight excluding hydrogens is 508 g/mol. The van der Waals surface area contributed by atoms with Gasteiger partial charge in [0.25, 0.3) is 29.7 Å². The molecule has 1 heterocycles. The Hall–Kier alpha value is -4.72. The van der Waals surface area contributed by atoms with Crippen molar-refractivity contribution in [2.45, 2.75) is 58.7 Å². The molecule has 1 aliphatic rings. The number of nitrogens with one attached hydrogen (secondary N) is 1. The van der Waals surface area contributed by atoms with Crippen LogP contribution in [0.15, 0.2) is 23.3 Å². The van der Waals surface area contributed by atoms with Crippen LogP contribution in [0.3, 0.4) is 0 Å². The van der Waals surface area contributed by atoms with Crippen LogP contribution in [-0.4, -0.2) is 52.7 Å². The molecule has 1 aliphatic heterocycles. The molecule has 2 rings (SSSR count). The lowest BCUT2D eigenvalue weighted by molar-refractivity contribution is -0.385. The number of unbranched alkanes of at least 4 members (excludes halogenated alkanes) is 2. The molecular formula is C22H26N6O10. The number of hydroxylamine groups is 2. The standard InChI is InChI=1S/C22H26N6O10/c1-13(2)21(37-22(33)38-27-17(29)9-10-18(27)30)36-19(31)6-4-3-5-11-24-20(32)15-8-7-14(25-26-23)12-16(15)28(34)35/h7-8,12-13,21H,3-6,9-11H2,1-2H3,(H,24,32). The van der Waals surface area contributed by atoms with Crippen molar-refractivity contribution in [2.24, 2.45) is 11.0 Å². The topological polar surface area (TPSA) is 220 Å². The van der Waals surface area contributed by atoms with Crippen LogP contribution >= 0.6 is 0 Å². The average molecular weight is 534 g/mol. The van der Waals surface area contributed by atoms with Gasteiger partial charge in [-0.05, 0) is 24.4 Å². The molecule has 0 spiro atoms. The van der Waals surface area contributed by atoms with E-state index in [0.29, 0.717) is 24.3 Å². The number of azide groups is 1. The van der Waals surface area contributed by atoms with E-state index in [4.69, 9.17) is 15.0 Å². The minimum absolute atomic E-state index is 0.00132. The number of carbonyl (C=O) groups is 5. The van der Waals surface area contributed by atoms with Crippen molar-refractivity contribution >= 4 is 41.2 Å². The number of rotatable bonds is 13. The van der Waals surface area contributed by atoms with Crippen LogP contribution < -0.4 is 5.32 Å². The quantitative estimate of drug-likeness (QED) is 0.0446. The molecule has 0 radical (unpaired) electrons. The van der Waals surface area contributed by atoms with Crippen molar-refractivity contribution in [3.8, 4) is 0 Å². The van der Waals surface area contributed by atoms with Gasteiger partial charge in [-0.2, -0.15) is 0 Å². The highest BCUT2D eigenvalue weighted by atomic mass is 16.9. The lowest BCUT2D eigenvalue weighted by Crippen LogP contribution is -2.36. The number of esters is 1. The Labute approximate surface area is 215 Å². The van der Waals surface area contributed by atoms with E-state index in [1.165, 1.54) is 12.1 Å². The van der Waals surface area contributed by atoms with Crippen molar-refractivity contribution in [2.75, 3.05) is 6.54 Å². The molecule has 204 valence electrons. The summed E-state index contributed by atoms with van der Waals surface area (Å²) in [7, 11) is 0. The Morgan fingerprint density at radius 2 is 1.84 bits per heavy atom. The molecule has 1 saturated heterocycles. The van der Waals surface area contributed by atoms with Gasteiger partial charge in [-0.15, -0.1) is 0 Å². The van der Waals surface area contributed by atoms with E-state index in [9.17, 15) is 34.1 Å². The summed E-state index contributed by atoms with van der Waals surface area (Å²) >= 11 is 0. The number of nitrogens with zero attached hydrogens (tertiary/aromatic N) is 5. The predicted molar refractivity (Wildman–Crippen MR) is 126 cm³/mol. The lowest BCUT2D eigenvalue weighted by atomic mass is 10.1. The van der Waals surface area contributed by atoms with Crippen molar-refractivity contribution in [3.63, 3.8) is 0 Å². The summed E-state index contributed by atoms with van der Waals surface area (Å²) in [4.78, 5) is 77.0. The highest BCUT2D eigenvalue weighted by molar-refractivity contribution is 6.01. The first-order valence-corrected chi connectivity index (χ1v) is 11.6. The van der Waals surface area contributed by atoms with Crippen molar-refractivity contribution in [3.05, 3.63) is 44.3 Å². The van der Waals surface area contributed by atoms with Crippen LogP contribution in [0.2, 0.25) is 0 Å². The minimum Gasteiger partial charge on any atom is -0.425 e. The maximum Gasteiger partial charge on any atom is 0.537 e. The van der Waals surface area contributed by atoms with Crippen LogP contribution in [-0.2, 0) is 28.7 Å². The highest BCUT2D eigenvalue weighted by Crippen LogP contribution is 2.25. The third-order valence-corrected chi connectivity index (χ3v) is 5.10. The third-order valence-electron chi connectivity index (χ3n) is 5.10. The zero-order chi connectivity index (χ0) is 28.2. The molecule has 0 saturated carbocycles. The number of nitro benzene ring substituents is 1. The van der Waals surface area contributed by atoms with Gasteiger partial charge in [0.2, 0.25) is 0 Å². The Kier molecular flexibility index (Phi) is 11.0. The van der Waals surface area contributed by atoms with Gasteiger partial charge in [0.05, 0.1) is 4.92 Å². The van der Waals surface area contributed by atoms with E-state index in [0.717, 1.165) is 6.07 Å². The summed E-state index contributed by atoms with van der Waals surface area (Å²) in [5.74, 6) is -3.14. The Bertz CT molecular complexity index is 1130. The van der Waals surface area contributed by atoms with Gasteiger partial charge in [-0.3, -0.25) is 34.1 Å². The molecule has 1 unspecified atom stereocenters. The average Bonchev–Trinajstić information content (AvgIpc) is 3.17. The molecule has 0 aliphatic carbocycles. The van der Waals surface area contributed by atoms with Gasteiger partial charge in [0, 0.05) is 48.4 Å². The van der Waals surface area contributed by atoms with E-state index in [-0.39, 0.29) is 37.1 Å². The van der Waals surface area contributed by atoms with Crippen LogP contribution in [0.4, 0.5) is 16.2 Å². The molecule has 0 bridgehead atoms. The van der Waals surface area contributed by atoms with Gasteiger partial charge in [-0.25, -0.2) is 4.79 Å². The van der Waals surface area contributed by atoms with Gasteiger partial charge in [0.1, 0.15) is 5.56 Å². The van der Waals surface area contributed by atoms with E-state index >= 15 is 0 Å². The zero-order valence-electron chi connectivity index (χ0n) is 20.7. The Morgan fingerprint density at radius 1 is 1.16 bits per heavy atom. The van der Waals surface area contributed by atoms with Crippen LogP contribution in [0, 0.1) is 16.0 Å². The first-order chi connectivity index (χ1) is 18.0. The lowest BCUT2D eigenvalue weighted by Gasteiger charge is -2.22. The van der Waals surface area contributed by atoms with Gasteiger partial charge in [-0.1, -0.05) is 36.5 Å². The molecule has 0 aromatic heterocycles. The maximum atomic E-state index is 12.3. The molecule has 1 atom stereocenters. The molecule has 16 heteroatoms. The normalized spacial score (nSPS) is 13.5. The number of benzene rings is 1. The number of nitro groups is 1. The van der Waals surface area contributed by atoms with Gasteiger partial charge < -0.3 is 14.8 Å². The second-order valence-corrected chi connectivity index (χ2v) is 8.36. The van der Waals surface area contributed by atoms with E-state index in [1.807, 2.05) is 0 Å². The van der Waals surface area contributed by atoms with Crippen molar-refractivity contribution < 1.29 is 43.2 Å². The fraction of sp³-hybridized carbons (Fsp3) is 0.500. The van der Waals surface area contributed by atoms with Crippen LogP contribution in [0.25, 0.3) is 10.4 Å². The number of amides is 3. The minimum atomic E-state index is -1.36. The maximum absolute atomic E-state index is 12.3. The molecule has 38 heavy (non-hydrogen) atoms. The number of hydrogen-bond acceptors (Lipinski definition) is 11. The fourth-order valence-corrected chi connectivity index (χ4v) is 3.18. The summed E-state index contributed by atoms with van der Waals surface area (Å²) in [6.45, 7) is 3.42. The van der Waals surface area contributed by atoms with Crippen LogP contribution in [0.1, 0.15) is 62.7 Å². The predicted octanol–water partition coefficient (Wildman–Crippen LogP) is 3.57. The summed E-state index contributed by atoms with van der Waals surface area (Å²) in [5, 5.41) is 17.4. The molecule has 1 aromatic rings. The number of hydrogen-bond donors (Lipinski definition) is 1. The fourth-order valence-electron chi connectivity index (χ4n) is 3.18. The van der Waals surface area contributed by atoms with Crippen molar-refractivity contribution in [1.29, 1.82) is 0 Å². The second kappa shape index (κ2) is 14.1. The first kappa shape index (κ1) is 29.5. The smallest absolute Gasteiger partial charge is 0.425 e. The zero-order valence-corrected chi connectivity index (χ0v) is 20.7. The van der Waals surface area contributed by atoms with Gasteiger partial charge in [0.15, 0.2) is 0 Å². The second-order valence-electron chi connectivity index (χ2n) is 8.36. The number of ether oxygens (including phenoxy) is 2. The molecule has 1 fully saturated rings. The Morgan fingerprint density at radius 3 is 2.45 bits per heavy atom. The monoisotopic (exact) mass is 534 g/mol.